The van der Waals surface area contributed by atoms with Gasteiger partial charge in [-0.25, -0.2) is 0 Å². The molecule has 10 aromatic carbocycles. The van der Waals surface area contributed by atoms with E-state index < -0.39 is 0 Å². The first-order valence-electron chi connectivity index (χ1n) is 24.3. The van der Waals surface area contributed by atoms with Crippen molar-refractivity contribution < 1.29 is 0 Å². The molecule has 0 N–H and O–H groups in total. The van der Waals surface area contributed by atoms with Crippen molar-refractivity contribution >= 4 is 137 Å². The van der Waals surface area contributed by atoms with Crippen molar-refractivity contribution in [2.75, 3.05) is 0 Å². The van der Waals surface area contributed by atoms with E-state index in [-0.39, 0.29) is 0 Å². The topological polar surface area (TPSA) is 9.86 Å². The van der Waals surface area contributed by atoms with Gasteiger partial charge in [0.15, 0.2) is 0 Å². The number of benzene rings is 10. The zero-order chi connectivity index (χ0) is 47.1. The van der Waals surface area contributed by atoms with Crippen molar-refractivity contribution in [3.8, 4) is 67.0 Å². The first-order chi connectivity index (χ1) is 33.7. The van der Waals surface area contributed by atoms with Crippen LogP contribution in [0, 0.1) is 0 Å². The highest BCUT2D eigenvalue weighted by molar-refractivity contribution is 6.69. The van der Waals surface area contributed by atoms with E-state index in [0.29, 0.717) is 0 Å². The van der Waals surface area contributed by atoms with Crippen molar-refractivity contribution in [1.29, 1.82) is 0 Å². The quantitative estimate of drug-likeness (QED) is 0.215. The van der Waals surface area contributed by atoms with Crippen LogP contribution < -0.4 is 38.2 Å². The molecule has 2 aromatic heterocycles. The summed E-state index contributed by atoms with van der Waals surface area (Å²) in [6.07, 6.45) is 0. The van der Waals surface area contributed by atoms with Crippen LogP contribution in [0.25, 0.3) is 111 Å². The highest BCUT2D eigenvalue weighted by atomic mass is 15.0. The molecule has 9 heteroatoms. The Bertz CT molecular complexity index is 3980. The van der Waals surface area contributed by atoms with Gasteiger partial charge in [-0.1, -0.05) is 197 Å². The lowest BCUT2D eigenvalue weighted by Gasteiger charge is -2.19. The van der Waals surface area contributed by atoms with Crippen molar-refractivity contribution in [1.82, 2.24) is 9.13 Å². The molecule has 69 heavy (non-hydrogen) atoms. The fourth-order valence-electron chi connectivity index (χ4n) is 11.5. The van der Waals surface area contributed by atoms with Crippen molar-refractivity contribution in [3.63, 3.8) is 0 Å². The molecule has 0 aliphatic carbocycles. The van der Waals surface area contributed by atoms with E-state index in [4.69, 9.17) is 0 Å². The first-order valence-corrected chi connectivity index (χ1v) is 24.3. The maximum atomic E-state index is 2.57. The predicted octanol–water partition coefficient (Wildman–Crippen LogP) is 4.02. The number of aromatic nitrogens is 2. The van der Waals surface area contributed by atoms with Gasteiger partial charge in [0.2, 0.25) is 0 Å². The summed E-state index contributed by atoms with van der Waals surface area (Å²) in [6, 6.07) is 73.5. The number of hydrogen-bond donors (Lipinski definition) is 0. The zero-order valence-corrected chi connectivity index (χ0v) is 40.4. The van der Waals surface area contributed by atoms with Crippen LogP contribution in [0.15, 0.2) is 200 Å². The van der Waals surface area contributed by atoms with E-state index in [0.717, 1.165) is 5.69 Å². The van der Waals surface area contributed by atoms with Crippen LogP contribution in [-0.2, 0) is 0 Å². The van der Waals surface area contributed by atoms with Gasteiger partial charge in [-0.05, 0) is 91.9 Å². The molecule has 12 aromatic rings. The molecular formula is C60H47B7N2. The lowest BCUT2D eigenvalue weighted by Crippen LogP contribution is -2.48. The van der Waals surface area contributed by atoms with E-state index in [1.165, 1.54) is 143 Å². The normalized spacial score (nSPS) is 11.6. The lowest BCUT2D eigenvalue weighted by molar-refractivity contribution is 1.18. The number of para-hydroxylation sites is 1. The van der Waals surface area contributed by atoms with Gasteiger partial charge in [-0.15, -0.1) is 5.46 Å². The van der Waals surface area contributed by atoms with Crippen LogP contribution in [-0.4, -0.2) is 64.1 Å². The summed E-state index contributed by atoms with van der Waals surface area (Å²) in [5.74, 6) is 0. The zero-order valence-electron chi connectivity index (χ0n) is 40.4. The molecule has 0 radical (unpaired) electrons. The van der Waals surface area contributed by atoms with E-state index in [1.807, 2.05) is 0 Å². The second-order valence-corrected chi connectivity index (χ2v) is 19.1. The van der Waals surface area contributed by atoms with Crippen LogP contribution in [0.5, 0.6) is 0 Å². The minimum Gasteiger partial charge on any atom is -0.310 e. The molecule has 0 fully saturated rings. The van der Waals surface area contributed by atoms with Gasteiger partial charge in [0, 0.05) is 44.1 Å². The molecule has 0 saturated carbocycles. The molecule has 12 rings (SSSR count). The van der Waals surface area contributed by atoms with E-state index in [9.17, 15) is 0 Å². The van der Waals surface area contributed by atoms with Crippen LogP contribution in [0.3, 0.4) is 0 Å². The molecule has 2 nitrogen and oxygen atoms in total. The van der Waals surface area contributed by atoms with Crippen molar-refractivity contribution in [2.24, 2.45) is 0 Å². The maximum Gasteiger partial charge on any atom is 0.141 e. The smallest absolute Gasteiger partial charge is 0.141 e. The van der Waals surface area contributed by atoms with Crippen LogP contribution >= 0.6 is 0 Å². The Morgan fingerprint density at radius 2 is 0.681 bits per heavy atom. The van der Waals surface area contributed by atoms with E-state index in [1.54, 1.807) is 0 Å². The molecule has 318 valence electrons. The average molecular weight is 872 g/mol. The minimum absolute atomic E-state index is 1.14. The predicted molar refractivity (Wildman–Crippen MR) is 320 cm³/mol. The SMILES string of the molecule is Bc1c(B)c(B)c2c(c1B)c1c(B)c(-c3ccc4c(c3)c3cccc(-c5ccc(-c6ccccc6)cc5)c3n4-c3ccc(-c4ccccc4)cc3)c(B)c(B)c1n2-c1ccc(-c2ccccc2)cc1. The van der Waals surface area contributed by atoms with Crippen molar-refractivity contribution in [3.05, 3.63) is 200 Å². The van der Waals surface area contributed by atoms with E-state index in [2.05, 4.69) is 264 Å². The Hall–Kier alpha value is -7.75. The molecule has 0 unspecified atom stereocenters. The molecule has 0 atom stereocenters. The molecular weight excluding hydrogens is 824 g/mol. The monoisotopic (exact) mass is 872 g/mol. The third kappa shape index (κ3) is 6.81. The Morgan fingerprint density at radius 3 is 1.22 bits per heavy atom. The fourth-order valence-corrected chi connectivity index (χ4v) is 11.5. The second-order valence-electron chi connectivity index (χ2n) is 19.1. The Kier molecular flexibility index (Phi) is 10.4. The Balaban J connectivity index is 1.09. The lowest BCUT2D eigenvalue weighted by atomic mass is 9.64. The number of nitrogens with zero attached hydrogens (tertiary/aromatic N) is 2. The van der Waals surface area contributed by atoms with Gasteiger partial charge in [0.25, 0.3) is 0 Å². The molecule has 0 saturated heterocycles. The number of hydrogen-bond acceptors (Lipinski definition) is 0. The summed E-state index contributed by atoms with van der Waals surface area (Å²) in [5, 5.41) is 5.19. The van der Waals surface area contributed by atoms with Gasteiger partial charge in [-0.2, -0.15) is 0 Å². The molecule has 0 bridgehead atoms. The highest BCUT2D eigenvalue weighted by Gasteiger charge is 2.26. The van der Waals surface area contributed by atoms with Gasteiger partial charge in [0.1, 0.15) is 54.9 Å². The van der Waals surface area contributed by atoms with Crippen LogP contribution in [0.2, 0.25) is 0 Å². The largest absolute Gasteiger partial charge is 0.310 e. The maximum absolute atomic E-state index is 2.57. The molecule has 2 heterocycles. The molecule has 0 spiro atoms. The summed E-state index contributed by atoms with van der Waals surface area (Å²) in [6.45, 7) is 0. The number of fused-ring (bicyclic) bond motifs is 6. The summed E-state index contributed by atoms with van der Waals surface area (Å²) >= 11 is 0. The summed E-state index contributed by atoms with van der Waals surface area (Å²) in [5.41, 5.74) is 29.0. The molecule has 0 amide bonds. The standard InChI is InChI=1S/C60H47B7N2/c61-51-48(52(62)56(66)59-49(51)50-53(63)54(64)55(65)57(67)60(50)69(59)43-30-25-39(26-31-43)36-15-8-3-9-16-36)41-27-32-47-46(33-41)45-18-10-17-44(40-21-19-37(20-22-40)34-11-4-1-5-12-34)58(45)68(47)42-28-23-38(24-29-42)35-13-6-2-7-14-35/h1-33H,61-67H2. The fraction of sp³-hybridized carbons (Fsp3) is 0. The minimum atomic E-state index is 1.14. The second kappa shape index (κ2) is 16.8. The third-order valence-corrected chi connectivity index (χ3v) is 15.5. The van der Waals surface area contributed by atoms with Gasteiger partial charge in [0.05, 0.1) is 11.0 Å². The van der Waals surface area contributed by atoms with Crippen LogP contribution in [0.4, 0.5) is 0 Å². The summed E-state index contributed by atoms with van der Waals surface area (Å²) in [7, 11) is 16.3. The highest BCUT2D eigenvalue weighted by Crippen LogP contribution is 2.41. The first kappa shape index (κ1) is 42.6. The van der Waals surface area contributed by atoms with Crippen LogP contribution in [0.1, 0.15) is 0 Å². The molecule has 0 aliphatic heterocycles. The van der Waals surface area contributed by atoms with Crippen molar-refractivity contribution in [2.45, 2.75) is 0 Å². The Labute approximate surface area is 410 Å². The van der Waals surface area contributed by atoms with Gasteiger partial charge >= 0.3 is 0 Å². The Morgan fingerprint density at radius 1 is 0.261 bits per heavy atom. The molecule has 0 aliphatic rings. The number of rotatable bonds is 7. The van der Waals surface area contributed by atoms with E-state index >= 15 is 0 Å². The van der Waals surface area contributed by atoms with Gasteiger partial charge < -0.3 is 9.13 Å². The average Bonchev–Trinajstić information content (AvgIpc) is 3.94. The summed E-state index contributed by atoms with van der Waals surface area (Å²) < 4.78 is 5.06. The van der Waals surface area contributed by atoms with Gasteiger partial charge in [-0.3, -0.25) is 0 Å². The third-order valence-electron chi connectivity index (χ3n) is 15.5. The summed E-state index contributed by atoms with van der Waals surface area (Å²) in [4.78, 5) is 0.